The van der Waals surface area contributed by atoms with E-state index in [1.165, 1.54) is 11.8 Å². The number of urea groups is 1. The number of carbonyl (C=O) groups is 2. The Labute approximate surface area is 177 Å². The first-order valence-corrected chi connectivity index (χ1v) is 10.4. The van der Waals surface area contributed by atoms with Crippen molar-refractivity contribution in [1.29, 1.82) is 0 Å². The lowest BCUT2D eigenvalue weighted by Crippen LogP contribution is -2.46. The van der Waals surface area contributed by atoms with Crippen molar-refractivity contribution < 1.29 is 14.3 Å². The summed E-state index contributed by atoms with van der Waals surface area (Å²) in [5.41, 5.74) is 1.52. The number of nitrogens with zero attached hydrogens (tertiary/aromatic N) is 4. The van der Waals surface area contributed by atoms with Crippen molar-refractivity contribution in [2.75, 3.05) is 12.4 Å². The molecule has 1 aromatic heterocycles. The van der Waals surface area contributed by atoms with Gasteiger partial charge in [0.1, 0.15) is 0 Å². The van der Waals surface area contributed by atoms with Crippen LogP contribution in [0.5, 0.6) is 0 Å². The predicted octanol–water partition coefficient (Wildman–Crippen LogP) is 2.87. The Kier molecular flexibility index (Phi) is 6.75. The van der Waals surface area contributed by atoms with Gasteiger partial charge in [-0.25, -0.2) is 14.3 Å². The minimum Gasteiger partial charge on any atom is -0.463 e. The molecule has 0 radical (unpaired) electrons. The van der Waals surface area contributed by atoms with E-state index in [0.29, 0.717) is 27.2 Å². The number of aromatic nitrogens is 4. The topological polar surface area (TPSA) is 111 Å². The number of rotatable bonds is 7. The minimum atomic E-state index is -0.656. The predicted molar refractivity (Wildman–Crippen MR) is 108 cm³/mol. The molecule has 154 valence electrons. The van der Waals surface area contributed by atoms with E-state index in [2.05, 4.69) is 26.2 Å². The minimum absolute atomic E-state index is 0.0791. The zero-order chi connectivity index (χ0) is 21.0. The van der Waals surface area contributed by atoms with Crippen molar-refractivity contribution in [2.24, 2.45) is 0 Å². The maximum Gasteiger partial charge on any atom is 0.338 e. The van der Waals surface area contributed by atoms with Gasteiger partial charge in [-0.05, 0) is 48.9 Å². The number of esters is 1. The average Bonchev–Trinajstić information content (AvgIpc) is 3.15. The van der Waals surface area contributed by atoms with Crippen LogP contribution in [0.1, 0.15) is 38.4 Å². The summed E-state index contributed by atoms with van der Waals surface area (Å²) in [5, 5.41) is 18.4. The van der Waals surface area contributed by atoms with Crippen LogP contribution in [0.3, 0.4) is 0 Å². The van der Waals surface area contributed by atoms with Gasteiger partial charge in [0.15, 0.2) is 0 Å². The lowest BCUT2D eigenvalue weighted by molar-refractivity contribution is -0.139. The smallest absolute Gasteiger partial charge is 0.338 e. The second kappa shape index (κ2) is 9.27. The van der Waals surface area contributed by atoms with E-state index >= 15 is 0 Å². The van der Waals surface area contributed by atoms with Gasteiger partial charge in [0, 0.05) is 16.5 Å². The number of amides is 2. The highest BCUT2D eigenvalue weighted by molar-refractivity contribution is 7.99. The van der Waals surface area contributed by atoms with E-state index in [1.807, 2.05) is 13.8 Å². The zero-order valence-corrected chi connectivity index (χ0v) is 17.8. The molecule has 0 saturated heterocycles. The van der Waals surface area contributed by atoms with Crippen molar-refractivity contribution in [2.45, 2.75) is 38.0 Å². The van der Waals surface area contributed by atoms with Gasteiger partial charge < -0.3 is 15.4 Å². The summed E-state index contributed by atoms with van der Waals surface area (Å²) >= 11 is 7.30. The molecule has 2 amide bonds. The number of halogens is 1. The first-order chi connectivity index (χ1) is 13.9. The van der Waals surface area contributed by atoms with Crippen molar-refractivity contribution in [3.05, 3.63) is 46.1 Å². The lowest BCUT2D eigenvalue weighted by Gasteiger charge is -2.29. The first-order valence-electron chi connectivity index (χ1n) is 9.04. The van der Waals surface area contributed by atoms with E-state index in [1.54, 1.807) is 35.9 Å². The molecule has 1 atom stereocenters. The molecule has 0 aliphatic carbocycles. The molecular weight excluding hydrogens is 416 g/mol. The number of benzene rings is 1. The summed E-state index contributed by atoms with van der Waals surface area (Å²) in [7, 11) is 0. The van der Waals surface area contributed by atoms with Crippen molar-refractivity contribution >= 4 is 35.4 Å². The van der Waals surface area contributed by atoms with Crippen LogP contribution in [0, 0.1) is 0 Å². The van der Waals surface area contributed by atoms with Crippen molar-refractivity contribution in [1.82, 2.24) is 30.8 Å². The standard InChI is InChI=1S/C18H21ClN6O3S/c1-4-28-16(26)14-13(9-29-18-22-23-24-25(18)10(2)3)20-17(27)21-15(14)11-5-7-12(19)8-6-11/h5-8,10,15H,4,9H2,1-3H3,(H2,20,21,27). The van der Waals surface area contributed by atoms with E-state index < -0.39 is 18.0 Å². The van der Waals surface area contributed by atoms with E-state index in [9.17, 15) is 9.59 Å². The number of thioether (sulfide) groups is 1. The van der Waals surface area contributed by atoms with E-state index in [4.69, 9.17) is 16.3 Å². The van der Waals surface area contributed by atoms with Crippen LogP contribution in [0.15, 0.2) is 40.7 Å². The van der Waals surface area contributed by atoms with Gasteiger partial charge in [0.25, 0.3) is 0 Å². The molecule has 3 rings (SSSR count). The van der Waals surface area contributed by atoms with Gasteiger partial charge in [0.05, 0.1) is 24.3 Å². The quantitative estimate of drug-likeness (QED) is 0.507. The Balaban J connectivity index is 1.96. The molecule has 0 fully saturated rings. The number of tetrazole rings is 1. The number of hydrogen-bond donors (Lipinski definition) is 2. The summed E-state index contributed by atoms with van der Waals surface area (Å²) in [4.78, 5) is 25.0. The second-order valence-electron chi connectivity index (χ2n) is 6.48. The molecule has 0 spiro atoms. The van der Waals surface area contributed by atoms with Gasteiger partial charge in [-0.3, -0.25) is 0 Å². The molecule has 1 aliphatic heterocycles. The van der Waals surface area contributed by atoms with Gasteiger partial charge in [-0.2, -0.15) is 0 Å². The fourth-order valence-corrected chi connectivity index (χ4v) is 3.93. The summed E-state index contributed by atoms with van der Waals surface area (Å²) in [5.74, 6) is -0.210. The normalized spacial score (nSPS) is 16.6. The molecule has 0 saturated carbocycles. The molecule has 2 N–H and O–H groups in total. The number of ether oxygens (including phenoxy) is 1. The van der Waals surface area contributed by atoms with Crippen LogP contribution in [0.25, 0.3) is 0 Å². The van der Waals surface area contributed by atoms with Crippen LogP contribution in [-0.2, 0) is 9.53 Å². The van der Waals surface area contributed by atoms with Crippen LogP contribution in [-0.4, -0.2) is 44.6 Å². The van der Waals surface area contributed by atoms with Crippen molar-refractivity contribution in [3.63, 3.8) is 0 Å². The largest absolute Gasteiger partial charge is 0.463 e. The monoisotopic (exact) mass is 436 g/mol. The highest BCUT2D eigenvalue weighted by atomic mass is 35.5. The molecule has 9 nitrogen and oxygen atoms in total. The molecule has 0 bridgehead atoms. The first kappa shape index (κ1) is 21.1. The summed E-state index contributed by atoms with van der Waals surface area (Å²) in [6.45, 7) is 5.88. The molecule has 29 heavy (non-hydrogen) atoms. The Morgan fingerprint density at radius 1 is 1.34 bits per heavy atom. The van der Waals surface area contributed by atoms with Gasteiger partial charge in [-0.15, -0.1) is 5.10 Å². The Morgan fingerprint density at radius 2 is 2.07 bits per heavy atom. The van der Waals surface area contributed by atoms with Crippen LogP contribution < -0.4 is 10.6 Å². The number of carbonyl (C=O) groups excluding carboxylic acids is 2. The SMILES string of the molecule is CCOC(=O)C1=C(CSc2nnnn2C(C)C)NC(=O)NC1c1ccc(Cl)cc1. The molecule has 1 aromatic carbocycles. The fourth-order valence-electron chi connectivity index (χ4n) is 2.83. The number of nitrogens with one attached hydrogen (secondary N) is 2. The van der Waals surface area contributed by atoms with E-state index in [-0.39, 0.29) is 12.6 Å². The molecule has 11 heteroatoms. The Hall–Kier alpha value is -2.59. The van der Waals surface area contributed by atoms with Crippen LogP contribution >= 0.6 is 23.4 Å². The molecular formula is C18H21ClN6O3S. The van der Waals surface area contributed by atoms with Gasteiger partial charge in [-0.1, -0.05) is 35.5 Å². The maximum atomic E-state index is 12.8. The zero-order valence-electron chi connectivity index (χ0n) is 16.2. The highest BCUT2D eigenvalue weighted by Gasteiger charge is 2.34. The third-order valence-corrected chi connectivity index (χ3v) is 5.36. The van der Waals surface area contributed by atoms with Crippen LogP contribution in [0.4, 0.5) is 4.79 Å². The third-order valence-electron chi connectivity index (χ3n) is 4.15. The second-order valence-corrected chi connectivity index (χ2v) is 7.86. The van der Waals surface area contributed by atoms with Gasteiger partial charge in [0.2, 0.25) is 5.16 Å². The maximum absolute atomic E-state index is 12.8. The molecule has 2 heterocycles. The van der Waals surface area contributed by atoms with Crippen LogP contribution in [0.2, 0.25) is 5.02 Å². The molecule has 2 aromatic rings. The van der Waals surface area contributed by atoms with E-state index in [0.717, 1.165) is 5.56 Å². The fraction of sp³-hybridized carbons (Fsp3) is 0.389. The summed E-state index contributed by atoms with van der Waals surface area (Å²) in [6, 6.07) is 5.96. The average molecular weight is 437 g/mol. The lowest BCUT2D eigenvalue weighted by atomic mass is 9.95. The third kappa shape index (κ3) is 4.88. The summed E-state index contributed by atoms with van der Waals surface area (Å²) in [6.07, 6.45) is 0. The summed E-state index contributed by atoms with van der Waals surface area (Å²) < 4.78 is 6.93. The van der Waals surface area contributed by atoms with Gasteiger partial charge >= 0.3 is 12.0 Å². The molecule has 1 unspecified atom stereocenters. The number of hydrogen-bond acceptors (Lipinski definition) is 7. The molecule has 1 aliphatic rings. The highest BCUT2D eigenvalue weighted by Crippen LogP contribution is 2.31. The van der Waals surface area contributed by atoms with Crippen molar-refractivity contribution in [3.8, 4) is 0 Å². The Morgan fingerprint density at radius 3 is 2.72 bits per heavy atom. The Bertz CT molecular complexity index is 928.